The van der Waals surface area contributed by atoms with Gasteiger partial charge in [0.15, 0.2) is 0 Å². The number of anilines is 1. The van der Waals surface area contributed by atoms with Gasteiger partial charge in [0.1, 0.15) is 0 Å². The molecule has 4 heteroatoms. The lowest BCUT2D eigenvalue weighted by molar-refractivity contribution is 0.0951. The summed E-state index contributed by atoms with van der Waals surface area (Å²) in [5.74, 6) is -0.0969. The summed E-state index contributed by atoms with van der Waals surface area (Å²) in [5, 5.41) is 6.40. The van der Waals surface area contributed by atoms with Crippen LogP contribution in [-0.4, -0.2) is 10.9 Å². The van der Waals surface area contributed by atoms with Gasteiger partial charge in [0, 0.05) is 36.7 Å². The standard InChI is InChI=1S/C27H25N3O/c1-20-7-2-4-10-25(20)26-11-5-3-9-23(26)19-29-24-14-12-22(13-15-24)27(31)30-18-21-8-6-16-28-17-21/h2-17,29H,18-19H2,1H3,(H,30,31). The first-order valence-electron chi connectivity index (χ1n) is 10.4. The molecule has 0 aliphatic rings. The molecule has 1 heterocycles. The van der Waals surface area contributed by atoms with Crippen molar-refractivity contribution in [3.05, 3.63) is 120 Å². The van der Waals surface area contributed by atoms with E-state index in [0.29, 0.717) is 18.7 Å². The van der Waals surface area contributed by atoms with Crippen molar-refractivity contribution in [3.8, 4) is 11.1 Å². The molecule has 31 heavy (non-hydrogen) atoms. The van der Waals surface area contributed by atoms with Crippen molar-refractivity contribution in [1.29, 1.82) is 0 Å². The van der Waals surface area contributed by atoms with Gasteiger partial charge in [-0.05, 0) is 65.1 Å². The van der Waals surface area contributed by atoms with Crippen LogP contribution in [0.2, 0.25) is 0 Å². The zero-order chi connectivity index (χ0) is 21.5. The van der Waals surface area contributed by atoms with Crippen LogP contribution in [0.25, 0.3) is 11.1 Å². The normalized spacial score (nSPS) is 10.5. The Morgan fingerprint density at radius 1 is 0.806 bits per heavy atom. The molecule has 1 aromatic heterocycles. The molecule has 2 N–H and O–H groups in total. The fraction of sp³-hybridized carbons (Fsp3) is 0.111. The summed E-state index contributed by atoms with van der Waals surface area (Å²) in [7, 11) is 0. The summed E-state index contributed by atoms with van der Waals surface area (Å²) in [6.45, 7) is 3.30. The molecule has 4 nitrogen and oxygen atoms in total. The third-order valence-corrected chi connectivity index (χ3v) is 5.26. The van der Waals surface area contributed by atoms with Crippen LogP contribution in [0.4, 0.5) is 5.69 Å². The van der Waals surface area contributed by atoms with Gasteiger partial charge in [-0.1, -0.05) is 54.6 Å². The lowest BCUT2D eigenvalue weighted by atomic mass is 9.96. The van der Waals surface area contributed by atoms with Crippen LogP contribution in [0.1, 0.15) is 27.0 Å². The first-order chi connectivity index (χ1) is 15.2. The average Bonchev–Trinajstić information content (AvgIpc) is 2.83. The summed E-state index contributed by atoms with van der Waals surface area (Å²) in [6, 6.07) is 28.2. The van der Waals surface area contributed by atoms with E-state index >= 15 is 0 Å². The van der Waals surface area contributed by atoms with E-state index in [0.717, 1.165) is 11.3 Å². The highest BCUT2D eigenvalue weighted by Gasteiger charge is 2.08. The zero-order valence-electron chi connectivity index (χ0n) is 17.5. The third-order valence-electron chi connectivity index (χ3n) is 5.26. The molecular weight excluding hydrogens is 382 g/mol. The molecule has 0 fully saturated rings. The molecule has 0 aliphatic carbocycles. The van der Waals surface area contributed by atoms with Gasteiger partial charge in [0.2, 0.25) is 0 Å². The summed E-state index contributed by atoms with van der Waals surface area (Å²) in [6.07, 6.45) is 3.47. The minimum Gasteiger partial charge on any atom is -0.381 e. The van der Waals surface area contributed by atoms with Crippen molar-refractivity contribution >= 4 is 11.6 Å². The number of aryl methyl sites for hydroxylation is 1. The number of benzene rings is 3. The highest BCUT2D eigenvalue weighted by Crippen LogP contribution is 2.27. The Morgan fingerprint density at radius 3 is 2.29 bits per heavy atom. The monoisotopic (exact) mass is 407 g/mol. The molecule has 4 rings (SSSR count). The van der Waals surface area contributed by atoms with Crippen LogP contribution in [0.3, 0.4) is 0 Å². The molecule has 0 saturated heterocycles. The Morgan fingerprint density at radius 2 is 1.55 bits per heavy atom. The maximum Gasteiger partial charge on any atom is 0.251 e. The summed E-state index contributed by atoms with van der Waals surface area (Å²) in [5.41, 5.74) is 7.56. The number of carbonyl (C=O) groups excluding carboxylic acids is 1. The topological polar surface area (TPSA) is 54.0 Å². The summed E-state index contributed by atoms with van der Waals surface area (Å²) >= 11 is 0. The fourth-order valence-corrected chi connectivity index (χ4v) is 3.54. The maximum atomic E-state index is 12.4. The van der Waals surface area contributed by atoms with E-state index in [-0.39, 0.29) is 5.91 Å². The van der Waals surface area contributed by atoms with E-state index in [1.807, 2.05) is 36.4 Å². The summed E-state index contributed by atoms with van der Waals surface area (Å²) in [4.78, 5) is 16.5. The molecule has 0 aliphatic heterocycles. The predicted molar refractivity (Wildman–Crippen MR) is 126 cm³/mol. The summed E-state index contributed by atoms with van der Waals surface area (Å²) < 4.78 is 0. The lowest BCUT2D eigenvalue weighted by Gasteiger charge is -2.14. The molecule has 4 aromatic rings. The smallest absolute Gasteiger partial charge is 0.251 e. The van der Waals surface area contributed by atoms with E-state index in [1.165, 1.54) is 22.3 Å². The highest BCUT2D eigenvalue weighted by molar-refractivity contribution is 5.94. The molecule has 0 atom stereocenters. The number of rotatable bonds is 7. The van der Waals surface area contributed by atoms with Crippen LogP contribution >= 0.6 is 0 Å². The van der Waals surface area contributed by atoms with Gasteiger partial charge in [-0.25, -0.2) is 0 Å². The number of aromatic nitrogens is 1. The van der Waals surface area contributed by atoms with Crippen LogP contribution in [-0.2, 0) is 13.1 Å². The van der Waals surface area contributed by atoms with Crippen LogP contribution < -0.4 is 10.6 Å². The Labute approximate surface area is 183 Å². The van der Waals surface area contributed by atoms with Crippen molar-refractivity contribution in [2.45, 2.75) is 20.0 Å². The highest BCUT2D eigenvalue weighted by atomic mass is 16.1. The molecule has 0 radical (unpaired) electrons. The Bertz CT molecular complexity index is 1150. The molecule has 0 unspecified atom stereocenters. The average molecular weight is 408 g/mol. The number of hydrogen-bond acceptors (Lipinski definition) is 3. The minimum atomic E-state index is -0.0969. The largest absolute Gasteiger partial charge is 0.381 e. The van der Waals surface area contributed by atoms with Crippen molar-refractivity contribution in [2.75, 3.05) is 5.32 Å². The number of carbonyl (C=O) groups is 1. The predicted octanol–water partition coefficient (Wildman–Crippen LogP) is 5.60. The third kappa shape index (κ3) is 5.17. The molecule has 0 bridgehead atoms. The first-order valence-corrected chi connectivity index (χ1v) is 10.4. The molecule has 154 valence electrons. The fourth-order valence-electron chi connectivity index (χ4n) is 3.54. The van der Waals surface area contributed by atoms with E-state index in [1.54, 1.807) is 12.4 Å². The number of amides is 1. The molecule has 1 amide bonds. The maximum absolute atomic E-state index is 12.4. The molecule has 3 aromatic carbocycles. The van der Waals surface area contributed by atoms with Gasteiger partial charge in [-0.15, -0.1) is 0 Å². The van der Waals surface area contributed by atoms with Crippen LogP contribution in [0, 0.1) is 6.92 Å². The van der Waals surface area contributed by atoms with Crippen LogP contribution in [0.5, 0.6) is 0 Å². The van der Waals surface area contributed by atoms with Crippen molar-refractivity contribution in [3.63, 3.8) is 0 Å². The van der Waals surface area contributed by atoms with Crippen LogP contribution in [0.15, 0.2) is 97.3 Å². The van der Waals surface area contributed by atoms with Crippen molar-refractivity contribution in [1.82, 2.24) is 10.3 Å². The van der Waals surface area contributed by atoms with E-state index in [2.05, 4.69) is 71.1 Å². The second-order valence-electron chi connectivity index (χ2n) is 7.45. The van der Waals surface area contributed by atoms with Gasteiger partial charge in [-0.2, -0.15) is 0 Å². The number of nitrogens with one attached hydrogen (secondary N) is 2. The molecule has 0 spiro atoms. The van der Waals surface area contributed by atoms with Gasteiger partial charge in [0.05, 0.1) is 0 Å². The number of nitrogens with zero attached hydrogens (tertiary/aromatic N) is 1. The van der Waals surface area contributed by atoms with Crippen molar-refractivity contribution in [2.24, 2.45) is 0 Å². The quantitative estimate of drug-likeness (QED) is 0.419. The molecular formula is C27H25N3O. The Balaban J connectivity index is 1.39. The number of hydrogen-bond donors (Lipinski definition) is 2. The minimum absolute atomic E-state index is 0.0969. The molecule has 0 saturated carbocycles. The Hall–Kier alpha value is -3.92. The Kier molecular flexibility index (Phi) is 6.38. The van der Waals surface area contributed by atoms with Crippen molar-refractivity contribution < 1.29 is 4.79 Å². The van der Waals surface area contributed by atoms with E-state index in [4.69, 9.17) is 0 Å². The SMILES string of the molecule is Cc1ccccc1-c1ccccc1CNc1ccc(C(=O)NCc2cccnc2)cc1. The second kappa shape index (κ2) is 9.72. The number of pyridine rings is 1. The van der Waals surface area contributed by atoms with Gasteiger partial charge < -0.3 is 10.6 Å². The van der Waals surface area contributed by atoms with Gasteiger partial charge >= 0.3 is 0 Å². The second-order valence-corrected chi connectivity index (χ2v) is 7.45. The lowest BCUT2D eigenvalue weighted by Crippen LogP contribution is -2.22. The zero-order valence-corrected chi connectivity index (χ0v) is 17.5. The van der Waals surface area contributed by atoms with Gasteiger partial charge in [-0.3, -0.25) is 9.78 Å². The van der Waals surface area contributed by atoms with E-state index in [9.17, 15) is 4.79 Å². The van der Waals surface area contributed by atoms with Gasteiger partial charge in [0.25, 0.3) is 5.91 Å². The van der Waals surface area contributed by atoms with E-state index < -0.39 is 0 Å². The first kappa shape index (κ1) is 20.4.